The Morgan fingerprint density at radius 2 is 1.00 bits per heavy atom. The normalized spacial score (nSPS) is 24.0. The summed E-state index contributed by atoms with van der Waals surface area (Å²) in [6.45, 7) is 10.7. The summed E-state index contributed by atoms with van der Waals surface area (Å²) in [4.78, 5) is 91.9. The smallest absolute Gasteiger partial charge is 0.246 e. The number of aliphatic hydroxyl groups excluding tert-OH is 1. The summed E-state index contributed by atoms with van der Waals surface area (Å²) in [5.41, 5.74) is 2.88. The van der Waals surface area contributed by atoms with Gasteiger partial charge in [0.2, 0.25) is 35.4 Å². The Morgan fingerprint density at radius 1 is 0.578 bits per heavy atom. The molecule has 5 saturated heterocycles. The first kappa shape index (κ1) is 60.9. The van der Waals surface area contributed by atoms with E-state index in [1.165, 1.54) is 0 Å². The molecule has 0 unspecified atom stereocenters. The first-order valence-electron chi connectivity index (χ1n) is 30.2. The lowest BCUT2D eigenvalue weighted by Crippen LogP contribution is -2.58. The average Bonchev–Trinajstić information content (AvgIpc) is 4.56. The van der Waals surface area contributed by atoms with Crippen LogP contribution in [0.4, 0.5) is 0 Å². The van der Waals surface area contributed by atoms with E-state index in [2.05, 4.69) is 62.3 Å². The maximum Gasteiger partial charge on any atom is 0.246 e. The highest BCUT2D eigenvalue weighted by molar-refractivity contribution is 5.95. The van der Waals surface area contributed by atoms with Crippen LogP contribution < -0.4 is 31.9 Å². The molecule has 9 rings (SSSR count). The Bertz CT molecular complexity index is 2760. The summed E-state index contributed by atoms with van der Waals surface area (Å²) in [6, 6.07) is 14.0. The van der Waals surface area contributed by atoms with Crippen molar-refractivity contribution in [3.05, 3.63) is 95.6 Å². The SMILES string of the molecule is COCCN[C@@H](C)C(=O)N[C@H]1CCCC[C@H]2CC[C@@H](C(=O)N[C@@H](c3ccccc3)c3cn(CCN4CCN(CCn5cc([C@@H](NC(=O)[C@@H]6CC[C@@H]7CCCC[C@H](NC(=O)[C@H](C)NCCO)C(=O)N76)c6ccccc6)nn5)CC4)nn3)N2C1=O. The second-order valence-corrected chi connectivity index (χ2v) is 22.9. The van der Waals surface area contributed by atoms with Gasteiger partial charge in [0.05, 0.1) is 62.9 Å². The van der Waals surface area contributed by atoms with Gasteiger partial charge in [-0.3, -0.25) is 47.9 Å². The summed E-state index contributed by atoms with van der Waals surface area (Å²) in [5.74, 6) is -1.55. The molecule has 5 aliphatic rings. The lowest BCUT2D eigenvalue weighted by Gasteiger charge is -2.36. The second-order valence-electron chi connectivity index (χ2n) is 22.9. The van der Waals surface area contributed by atoms with E-state index in [0.717, 1.165) is 88.9 Å². The van der Waals surface area contributed by atoms with Gasteiger partial charge in [0.1, 0.15) is 35.6 Å². The van der Waals surface area contributed by atoms with Crippen LogP contribution in [0.5, 0.6) is 0 Å². The van der Waals surface area contributed by atoms with Crippen molar-refractivity contribution in [1.82, 2.24) is 81.5 Å². The molecule has 24 heteroatoms. The number of rotatable bonds is 25. The Balaban J connectivity index is 0.765. The van der Waals surface area contributed by atoms with Crippen LogP contribution >= 0.6 is 0 Å². The third-order valence-electron chi connectivity index (χ3n) is 17.3. The molecule has 0 radical (unpaired) electrons. The molecule has 7 N–H and O–H groups in total. The Labute approximate surface area is 486 Å². The second kappa shape index (κ2) is 29.7. The van der Waals surface area contributed by atoms with Crippen LogP contribution in [-0.2, 0) is 46.6 Å². The number of aromatic nitrogens is 6. The number of benzene rings is 2. The Hall–Kier alpha value is -6.70. The van der Waals surface area contributed by atoms with Gasteiger partial charge < -0.3 is 51.5 Å². The fourth-order valence-corrected chi connectivity index (χ4v) is 12.5. The summed E-state index contributed by atoms with van der Waals surface area (Å²) in [7, 11) is 1.60. The van der Waals surface area contributed by atoms with Gasteiger partial charge in [0.25, 0.3) is 0 Å². The van der Waals surface area contributed by atoms with Crippen molar-refractivity contribution in [2.24, 2.45) is 0 Å². The number of amides is 6. The molecule has 450 valence electrons. The van der Waals surface area contributed by atoms with Crippen LogP contribution in [0.3, 0.4) is 0 Å². The number of aliphatic hydroxyl groups is 1. The van der Waals surface area contributed by atoms with E-state index in [1.54, 1.807) is 30.8 Å². The third-order valence-corrected chi connectivity index (χ3v) is 17.3. The van der Waals surface area contributed by atoms with E-state index in [4.69, 9.17) is 4.74 Å². The minimum Gasteiger partial charge on any atom is -0.395 e. The number of carbonyl (C=O) groups is 6. The number of carbonyl (C=O) groups excluding carboxylic acids is 6. The molecule has 2 aromatic carbocycles. The van der Waals surface area contributed by atoms with Crippen molar-refractivity contribution >= 4 is 35.4 Å². The molecular weight excluding hydrogens is 1060 g/mol. The zero-order chi connectivity index (χ0) is 58.2. The Kier molecular flexibility index (Phi) is 21.8. The van der Waals surface area contributed by atoms with E-state index in [0.29, 0.717) is 76.2 Å². The van der Waals surface area contributed by atoms with Crippen molar-refractivity contribution in [2.75, 3.05) is 72.7 Å². The summed E-state index contributed by atoms with van der Waals surface area (Å²) in [5, 5.41) is 45.9. The van der Waals surface area contributed by atoms with Crippen LogP contribution in [0.2, 0.25) is 0 Å². The zero-order valence-corrected chi connectivity index (χ0v) is 48.4. The average molecular weight is 1150 g/mol. The van der Waals surface area contributed by atoms with Gasteiger partial charge in [-0.15, -0.1) is 10.2 Å². The van der Waals surface area contributed by atoms with Crippen LogP contribution in [0.25, 0.3) is 0 Å². The standard InChI is InChI=1S/C59H86N16O8/c1-40(60-26-36-76)54(77)62-46-20-12-10-18-44-22-24-50(74(44)58(46)81)56(79)64-52(42-14-6-4-7-15-42)48-38-72(68-66-48)34-32-70-28-30-71(31-29-70)33-35-73-39-49(67-69-73)53(43-16-8-5-9-17-43)65-57(80)51-25-23-45-19-11-13-21-47(59(82)75(45)51)63-55(78)41(2)61-27-37-83-3/h4-9,14-17,38-41,44-47,50-53,60-61,76H,10-13,18-37H2,1-3H3,(H,62,77)(H,63,78)(H,64,79)(H,65,80)/t40-,41-,44-,45-,46-,47-,50-,51-,52-,53-/m0/s1. The summed E-state index contributed by atoms with van der Waals surface area (Å²) < 4.78 is 8.75. The molecule has 10 atom stereocenters. The van der Waals surface area contributed by atoms with Crippen molar-refractivity contribution in [3.8, 4) is 0 Å². The third kappa shape index (κ3) is 15.7. The van der Waals surface area contributed by atoms with Crippen LogP contribution in [0, 0.1) is 0 Å². The van der Waals surface area contributed by atoms with E-state index < -0.39 is 48.3 Å². The highest BCUT2D eigenvalue weighted by Crippen LogP contribution is 2.34. The van der Waals surface area contributed by atoms with Gasteiger partial charge in [-0.25, -0.2) is 0 Å². The first-order valence-corrected chi connectivity index (χ1v) is 30.2. The molecular formula is C59H86N16O8. The first-order chi connectivity index (χ1) is 40.4. The van der Waals surface area contributed by atoms with Crippen molar-refractivity contribution in [2.45, 2.75) is 164 Å². The van der Waals surface area contributed by atoms with E-state index >= 15 is 0 Å². The molecule has 83 heavy (non-hydrogen) atoms. The number of nitrogens with zero attached hydrogens (tertiary/aromatic N) is 10. The molecule has 0 bridgehead atoms. The minimum absolute atomic E-state index is 0.0791. The number of fused-ring (bicyclic) bond motifs is 2. The van der Waals surface area contributed by atoms with Gasteiger partial charge in [0.15, 0.2) is 0 Å². The van der Waals surface area contributed by atoms with Crippen molar-refractivity contribution < 1.29 is 38.6 Å². The highest BCUT2D eigenvalue weighted by atomic mass is 16.5. The number of hydrogen-bond acceptors (Lipinski definition) is 16. The minimum atomic E-state index is -0.748. The monoisotopic (exact) mass is 1150 g/mol. The van der Waals surface area contributed by atoms with Gasteiger partial charge in [-0.2, -0.15) is 0 Å². The topological polar surface area (TPSA) is 278 Å². The molecule has 24 nitrogen and oxygen atoms in total. The molecule has 7 heterocycles. The molecule has 5 aliphatic heterocycles. The van der Waals surface area contributed by atoms with E-state index in [9.17, 15) is 33.9 Å². The molecule has 4 aromatic rings. The van der Waals surface area contributed by atoms with Crippen LogP contribution in [0.1, 0.15) is 125 Å². The predicted octanol–water partition coefficient (Wildman–Crippen LogP) is 1.03. The van der Waals surface area contributed by atoms with Gasteiger partial charge in [0, 0.05) is 71.6 Å². The quantitative estimate of drug-likeness (QED) is 0.0457. The van der Waals surface area contributed by atoms with Crippen LogP contribution in [-0.4, -0.2) is 211 Å². The fourth-order valence-electron chi connectivity index (χ4n) is 12.5. The summed E-state index contributed by atoms with van der Waals surface area (Å²) >= 11 is 0. The molecule has 0 saturated carbocycles. The van der Waals surface area contributed by atoms with Crippen molar-refractivity contribution in [1.29, 1.82) is 0 Å². The molecule has 0 aliphatic carbocycles. The Morgan fingerprint density at radius 3 is 1.42 bits per heavy atom. The molecule has 0 spiro atoms. The van der Waals surface area contributed by atoms with E-state index in [-0.39, 0.29) is 60.7 Å². The number of methoxy groups -OCH3 is 1. The molecule has 5 fully saturated rings. The maximum absolute atomic E-state index is 14.4. The lowest BCUT2D eigenvalue weighted by molar-refractivity contribution is -0.144. The number of hydrogen-bond donors (Lipinski definition) is 7. The largest absolute Gasteiger partial charge is 0.395 e. The van der Waals surface area contributed by atoms with Gasteiger partial charge in [-0.1, -0.05) is 96.8 Å². The zero-order valence-electron chi connectivity index (χ0n) is 48.4. The predicted molar refractivity (Wildman–Crippen MR) is 308 cm³/mol. The highest BCUT2D eigenvalue weighted by Gasteiger charge is 2.46. The fraction of sp³-hybridized carbons (Fsp3) is 0.627. The lowest BCUT2D eigenvalue weighted by atomic mass is 9.98. The molecule has 2 aromatic heterocycles. The number of nitrogens with one attached hydrogen (secondary N) is 6. The van der Waals surface area contributed by atoms with Gasteiger partial charge in [-0.05, 0) is 76.3 Å². The maximum atomic E-state index is 14.4. The van der Waals surface area contributed by atoms with Crippen molar-refractivity contribution in [3.63, 3.8) is 0 Å². The molecule has 6 amide bonds. The van der Waals surface area contributed by atoms with Crippen LogP contribution in [0.15, 0.2) is 73.1 Å². The van der Waals surface area contributed by atoms with Gasteiger partial charge >= 0.3 is 0 Å². The summed E-state index contributed by atoms with van der Waals surface area (Å²) in [6.07, 6.45) is 12.3. The number of piperazine rings is 1. The number of ether oxygens (including phenoxy) is 1. The van der Waals surface area contributed by atoms with E-state index in [1.807, 2.05) is 82.4 Å².